The summed E-state index contributed by atoms with van der Waals surface area (Å²) < 4.78 is 12.9. The molecule has 0 unspecified atom stereocenters. The van der Waals surface area contributed by atoms with Crippen molar-refractivity contribution in [1.29, 1.82) is 0 Å². The van der Waals surface area contributed by atoms with Crippen molar-refractivity contribution in [3.05, 3.63) is 46.4 Å². The highest BCUT2D eigenvalue weighted by atomic mass is 19.1. The lowest BCUT2D eigenvalue weighted by atomic mass is 10.1. The molecule has 0 saturated carbocycles. The van der Waals surface area contributed by atoms with Crippen LogP contribution in [0.3, 0.4) is 0 Å². The molecule has 3 N–H and O–H groups in total. The number of halogens is 1. The van der Waals surface area contributed by atoms with Crippen LogP contribution in [0.5, 0.6) is 0 Å². The van der Waals surface area contributed by atoms with Gasteiger partial charge in [-0.3, -0.25) is 14.7 Å². The number of aromatic amines is 2. The van der Waals surface area contributed by atoms with E-state index in [4.69, 9.17) is 0 Å². The third-order valence-corrected chi connectivity index (χ3v) is 3.30. The minimum Gasteiger partial charge on any atom is -0.325 e. The number of H-pyrrole nitrogens is 2. The minimum absolute atomic E-state index is 0.107. The number of carbonyl (C=O) groups is 1. The highest BCUT2D eigenvalue weighted by Gasteiger charge is 2.25. The average molecular weight is 321 g/mol. The number of aromatic nitrogens is 3. The number of hydrogen-bond acceptors (Lipinski definition) is 4. The summed E-state index contributed by atoms with van der Waals surface area (Å²) in [5.74, 6) is -0.134. The Morgan fingerprint density at radius 3 is 2.48 bits per heavy atom. The third-order valence-electron chi connectivity index (χ3n) is 3.30. The van der Waals surface area contributed by atoms with Crippen LogP contribution in [0, 0.1) is 5.82 Å². The molecule has 0 spiro atoms. The summed E-state index contributed by atoms with van der Waals surface area (Å²) in [6.07, 6.45) is 0. The quantitative estimate of drug-likeness (QED) is 0.777. The first-order chi connectivity index (χ1) is 10.7. The zero-order valence-electron chi connectivity index (χ0n) is 13.3. The lowest BCUT2D eigenvalue weighted by Crippen LogP contribution is -2.45. The number of nitrogens with one attached hydrogen (secondary N) is 3. The summed E-state index contributed by atoms with van der Waals surface area (Å²) in [6, 6.07) is 5.57. The summed E-state index contributed by atoms with van der Waals surface area (Å²) >= 11 is 0. The zero-order valence-corrected chi connectivity index (χ0v) is 13.3. The lowest BCUT2D eigenvalue weighted by molar-refractivity contribution is -0.118. The Morgan fingerprint density at radius 1 is 1.30 bits per heavy atom. The van der Waals surface area contributed by atoms with Gasteiger partial charge in [0.25, 0.3) is 0 Å². The van der Waals surface area contributed by atoms with Crippen molar-refractivity contribution in [2.75, 3.05) is 11.9 Å². The molecule has 2 aromatic rings. The molecular formula is C15H20FN5O2. The minimum atomic E-state index is -0.385. The van der Waals surface area contributed by atoms with E-state index in [1.807, 2.05) is 25.7 Å². The van der Waals surface area contributed by atoms with Crippen molar-refractivity contribution in [1.82, 2.24) is 20.1 Å². The number of hydrogen-bond donors (Lipinski definition) is 3. The van der Waals surface area contributed by atoms with Gasteiger partial charge >= 0.3 is 5.69 Å². The maximum absolute atomic E-state index is 12.9. The molecule has 1 amide bonds. The van der Waals surface area contributed by atoms with Gasteiger partial charge in [0.15, 0.2) is 0 Å². The molecule has 8 heteroatoms. The van der Waals surface area contributed by atoms with Gasteiger partial charge in [-0.2, -0.15) is 5.10 Å². The maximum Gasteiger partial charge on any atom is 0.340 e. The molecule has 0 saturated heterocycles. The van der Waals surface area contributed by atoms with Crippen molar-refractivity contribution < 1.29 is 9.18 Å². The molecule has 1 aromatic carbocycles. The topological polar surface area (TPSA) is 93.9 Å². The molecule has 7 nitrogen and oxygen atoms in total. The molecule has 0 aliphatic heterocycles. The summed E-state index contributed by atoms with van der Waals surface area (Å²) in [7, 11) is 0. The Labute approximate surface area is 132 Å². The largest absolute Gasteiger partial charge is 0.340 e. The van der Waals surface area contributed by atoms with E-state index in [2.05, 4.69) is 20.5 Å². The molecule has 23 heavy (non-hydrogen) atoms. The molecule has 1 aromatic heterocycles. The van der Waals surface area contributed by atoms with Crippen molar-refractivity contribution >= 4 is 11.6 Å². The van der Waals surface area contributed by atoms with Crippen LogP contribution >= 0.6 is 0 Å². The van der Waals surface area contributed by atoms with Gasteiger partial charge in [-0.15, -0.1) is 0 Å². The standard InChI is InChI=1S/C15H20FN5O2/c1-15(2,3)21(8-12-18-14(23)20-19-12)9-13(22)17-11-6-4-10(16)5-7-11/h4-7H,8-9H2,1-3H3,(H,17,22)(H2,18,19,20,23). The molecule has 1 heterocycles. The van der Waals surface area contributed by atoms with Gasteiger partial charge in [-0.25, -0.2) is 14.3 Å². The molecule has 0 aliphatic rings. The second-order valence-electron chi connectivity index (χ2n) is 6.21. The number of nitrogens with zero attached hydrogens (tertiary/aromatic N) is 2. The summed E-state index contributed by atoms with van der Waals surface area (Å²) in [4.78, 5) is 27.8. The number of rotatable bonds is 5. The lowest BCUT2D eigenvalue weighted by Gasteiger charge is -2.34. The Hall–Kier alpha value is -2.48. The van der Waals surface area contributed by atoms with Crippen LogP contribution in [0.4, 0.5) is 10.1 Å². The number of carbonyl (C=O) groups excluding carboxylic acids is 1. The zero-order chi connectivity index (χ0) is 17.0. The van der Waals surface area contributed by atoms with Crippen LogP contribution < -0.4 is 11.0 Å². The van der Waals surface area contributed by atoms with E-state index >= 15 is 0 Å². The van der Waals surface area contributed by atoms with Crippen LogP contribution in [0.2, 0.25) is 0 Å². The smallest absolute Gasteiger partial charge is 0.325 e. The van der Waals surface area contributed by atoms with Crippen molar-refractivity contribution in [3.63, 3.8) is 0 Å². The van der Waals surface area contributed by atoms with E-state index in [0.717, 1.165) is 0 Å². The van der Waals surface area contributed by atoms with Crippen molar-refractivity contribution in [2.45, 2.75) is 32.9 Å². The van der Waals surface area contributed by atoms with E-state index in [0.29, 0.717) is 18.1 Å². The highest BCUT2D eigenvalue weighted by molar-refractivity contribution is 5.92. The Morgan fingerprint density at radius 2 is 1.96 bits per heavy atom. The number of benzene rings is 1. The number of anilines is 1. The van der Waals surface area contributed by atoms with Gasteiger partial charge in [0.05, 0.1) is 13.1 Å². The molecule has 0 fully saturated rings. The predicted octanol–water partition coefficient (Wildman–Crippen LogP) is 1.48. The fourth-order valence-corrected chi connectivity index (χ4v) is 2.00. The average Bonchev–Trinajstić information content (AvgIpc) is 2.85. The monoisotopic (exact) mass is 321 g/mol. The molecule has 0 bridgehead atoms. The second kappa shape index (κ2) is 6.74. The summed E-state index contributed by atoms with van der Waals surface area (Å²) in [6.45, 7) is 6.31. The van der Waals surface area contributed by atoms with Crippen LogP contribution in [-0.4, -0.2) is 38.1 Å². The fraction of sp³-hybridized carbons (Fsp3) is 0.400. The van der Waals surface area contributed by atoms with Gasteiger partial charge in [0.2, 0.25) is 5.91 Å². The normalized spacial score (nSPS) is 11.7. The summed E-state index contributed by atoms with van der Waals surface area (Å²) in [5, 5.41) is 8.88. The van der Waals surface area contributed by atoms with E-state index in [1.165, 1.54) is 24.3 Å². The van der Waals surface area contributed by atoms with E-state index < -0.39 is 0 Å². The first-order valence-corrected chi connectivity index (χ1v) is 7.18. The molecule has 124 valence electrons. The molecule has 0 atom stereocenters. The first kappa shape index (κ1) is 16.9. The predicted molar refractivity (Wildman–Crippen MR) is 84.4 cm³/mol. The fourth-order valence-electron chi connectivity index (χ4n) is 2.00. The Balaban J connectivity index is 2.03. The molecule has 0 aliphatic carbocycles. The van der Waals surface area contributed by atoms with Gasteiger partial charge in [-0.1, -0.05) is 0 Å². The van der Waals surface area contributed by atoms with Crippen LogP contribution in [0.15, 0.2) is 29.1 Å². The van der Waals surface area contributed by atoms with E-state index in [1.54, 1.807) is 0 Å². The van der Waals surface area contributed by atoms with Gasteiger partial charge in [0, 0.05) is 11.2 Å². The maximum atomic E-state index is 12.9. The highest BCUT2D eigenvalue weighted by Crippen LogP contribution is 2.16. The van der Waals surface area contributed by atoms with E-state index in [9.17, 15) is 14.0 Å². The SMILES string of the molecule is CC(C)(C)N(CC(=O)Nc1ccc(F)cc1)Cc1n[nH]c(=O)[nH]1. The Kier molecular flexibility index (Phi) is 4.95. The van der Waals surface area contributed by atoms with Gasteiger partial charge in [0.1, 0.15) is 11.6 Å². The van der Waals surface area contributed by atoms with E-state index in [-0.39, 0.29) is 29.5 Å². The Bertz CT molecular complexity index is 714. The van der Waals surface area contributed by atoms with Crippen molar-refractivity contribution in [3.8, 4) is 0 Å². The second-order valence-corrected chi connectivity index (χ2v) is 6.21. The molecular weight excluding hydrogens is 301 g/mol. The summed E-state index contributed by atoms with van der Waals surface area (Å²) in [5.41, 5.74) is -0.168. The van der Waals surface area contributed by atoms with Crippen LogP contribution in [0.1, 0.15) is 26.6 Å². The number of amides is 1. The van der Waals surface area contributed by atoms with Crippen LogP contribution in [-0.2, 0) is 11.3 Å². The van der Waals surface area contributed by atoms with Gasteiger partial charge in [-0.05, 0) is 45.0 Å². The van der Waals surface area contributed by atoms with Gasteiger partial charge < -0.3 is 5.32 Å². The molecule has 0 radical (unpaired) electrons. The first-order valence-electron chi connectivity index (χ1n) is 7.18. The van der Waals surface area contributed by atoms with Crippen LogP contribution in [0.25, 0.3) is 0 Å². The van der Waals surface area contributed by atoms with Crippen molar-refractivity contribution in [2.24, 2.45) is 0 Å². The third kappa shape index (κ3) is 5.03. The molecule has 2 rings (SSSR count).